The van der Waals surface area contributed by atoms with E-state index in [-0.39, 0.29) is 17.4 Å². The molecule has 1 heterocycles. The Morgan fingerprint density at radius 1 is 1.42 bits per heavy atom. The van der Waals surface area contributed by atoms with Crippen LogP contribution in [0, 0.1) is 11.8 Å². The smallest absolute Gasteiger partial charge is 0.346 e. The van der Waals surface area contributed by atoms with Crippen LogP contribution in [0.1, 0.15) is 46.5 Å². The predicted molar refractivity (Wildman–Crippen MR) is 70.4 cm³/mol. The van der Waals surface area contributed by atoms with Gasteiger partial charge in [-0.2, -0.15) is 0 Å². The van der Waals surface area contributed by atoms with Gasteiger partial charge in [-0.25, -0.2) is 4.79 Å². The van der Waals surface area contributed by atoms with E-state index in [1.54, 1.807) is 0 Å². The SMILES string of the molecule is C=C1C(=O)[C@](C)(O)C(=O)O[C@]12[C@@H](CC)CCC[C@@H]2C. The zero-order chi connectivity index (χ0) is 14.4. The van der Waals surface area contributed by atoms with Crippen molar-refractivity contribution < 1.29 is 19.4 Å². The maximum absolute atomic E-state index is 12.3. The fourth-order valence-electron chi connectivity index (χ4n) is 3.62. The minimum Gasteiger partial charge on any atom is -0.451 e. The molecule has 1 saturated heterocycles. The first-order valence-corrected chi connectivity index (χ1v) is 6.98. The van der Waals surface area contributed by atoms with E-state index in [9.17, 15) is 14.7 Å². The van der Waals surface area contributed by atoms with Gasteiger partial charge in [0.1, 0.15) is 5.60 Å². The van der Waals surface area contributed by atoms with Gasteiger partial charge in [0.15, 0.2) is 0 Å². The second-order valence-electron chi connectivity index (χ2n) is 6.00. The van der Waals surface area contributed by atoms with E-state index in [0.717, 1.165) is 25.7 Å². The Bertz CT molecular complexity index is 437. The Labute approximate surface area is 113 Å². The molecule has 0 radical (unpaired) electrons. The molecule has 1 N–H and O–H groups in total. The molecule has 4 heteroatoms. The highest BCUT2D eigenvalue weighted by atomic mass is 16.6. The molecular formula is C15H22O4. The molecule has 4 nitrogen and oxygen atoms in total. The first-order valence-electron chi connectivity index (χ1n) is 6.98. The van der Waals surface area contributed by atoms with E-state index >= 15 is 0 Å². The summed E-state index contributed by atoms with van der Waals surface area (Å²) >= 11 is 0. The molecular weight excluding hydrogens is 244 g/mol. The number of carbonyl (C=O) groups is 2. The minimum absolute atomic E-state index is 0.0581. The summed E-state index contributed by atoms with van der Waals surface area (Å²) in [5, 5.41) is 9.96. The van der Waals surface area contributed by atoms with E-state index in [0.29, 0.717) is 0 Å². The first-order chi connectivity index (χ1) is 8.78. The third kappa shape index (κ3) is 1.76. The number of aliphatic hydroxyl groups is 1. The quantitative estimate of drug-likeness (QED) is 0.448. The number of ketones is 1. The summed E-state index contributed by atoms with van der Waals surface area (Å²) in [6.07, 6.45) is 3.71. The van der Waals surface area contributed by atoms with Gasteiger partial charge in [0.2, 0.25) is 11.4 Å². The van der Waals surface area contributed by atoms with E-state index < -0.39 is 23.0 Å². The van der Waals surface area contributed by atoms with E-state index in [1.165, 1.54) is 6.92 Å². The van der Waals surface area contributed by atoms with E-state index in [1.807, 2.05) is 13.8 Å². The highest BCUT2D eigenvalue weighted by molar-refractivity contribution is 6.17. The van der Waals surface area contributed by atoms with Gasteiger partial charge in [0.05, 0.1) is 0 Å². The van der Waals surface area contributed by atoms with Crippen molar-refractivity contribution in [2.24, 2.45) is 11.8 Å². The second-order valence-corrected chi connectivity index (χ2v) is 6.00. The molecule has 1 spiro atoms. The van der Waals surface area contributed by atoms with Crippen LogP contribution in [-0.4, -0.2) is 28.1 Å². The Morgan fingerprint density at radius 3 is 2.63 bits per heavy atom. The van der Waals surface area contributed by atoms with Gasteiger partial charge < -0.3 is 9.84 Å². The summed E-state index contributed by atoms with van der Waals surface area (Å²) in [6, 6.07) is 0. The summed E-state index contributed by atoms with van der Waals surface area (Å²) in [7, 11) is 0. The predicted octanol–water partition coefficient (Wildman–Crippen LogP) is 2.00. The van der Waals surface area contributed by atoms with Crippen LogP contribution in [0.4, 0.5) is 0 Å². The summed E-state index contributed by atoms with van der Waals surface area (Å²) in [5.74, 6) is -1.26. The molecule has 1 saturated carbocycles. The molecule has 106 valence electrons. The summed E-state index contributed by atoms with van der Waals surface area (Å²) in [6.45, 7) is 9.07. The van der Waals surface area contributed by atoms with Crippen LogP contribution in [0.3, 0.4) is 0 Å². The van der Waals surface area contributed by atoms with Crippen molar-refractivity contribution in [3.05, 3.63) is 12.2 Å². The van der Waals surface area contributed by atoms with Crippen LogP contribution in [0.15, 0.2) is 12.2 Å². The fourth-order valence-corrected chi connectivity index (χ4v) is 3.62. The Balaban J connectivity index is 2.50. The van der Waals surface area contributed by atoms with Gasteiger partial charge in [-0.1, -0.05) is 26.8 Å². The number of ether oxygens (including phenoxy) is 1. The van der Waals surface area contributed by atoms with Crippen molar-refractivity contribution in [2.75, 3.05) is 0 Å². The summed E-state index contributed by atoms with van der Waals surface area (Å²) in [4.78, 5) is 24.3. The molecule has 0 aromatic rings. The lowest BCUT2D eigenvalue weighted by atomic mass is 9.61. The lowest BCUT2D eigenvalue weighted by Gasteiger charge is -2.52. The average molecular weight is 266 g/mol. The number of Topliss-reactive ketones (excluding diaryl/α,β-unsaturated/α-hetero) is 1. The molecule has 0 amide bonds. The highest BCUT2D eigenvalue weighted by Gasteiger charge is 2.61. The largest absolute Gasteiger partial charge is 0.451 e. The third-order valence-electron chi connectivity index (χ3n) is 4.87. The second kappa shape index (κ2) is 4.44. The van der Waals surface area contributed by atoms with Crippen molar-refractivity contribution in [1.82, 2.24) is 0 Å². The lowest BCUT2D eigenvalue weighted by Crippen LogP contribution is -2.64. The van der Waals surface area contributed by atoms with Gasteiger partial charge in [0.25, 0.3) is 0 Å². The maximum Gasteiger partial charge on any atom is 0.346 e. The Kier molecular flexibility index (Phi) is 3.33. The summed E-state index contributed by atoms with van der Waals surface area (Å²) in [5.41, 5.74) is -2.74. The van der Waals surface area contributed by atoms with Gasteiger partial charge in [0, 0.05) is 17.4 Å². The highest BCUT2D eigenvalue weighted by Crippen LogP contribution is 2.50. The van der Waals surface area contributed by atoms with Crippen molar-refractivity contribution >= 4 is 11.8 Å². The van der Waals surface area contributed by atoms with Gasteiger partial charge >= 0.3 is 5.97 Å². The summed E-state index contributed by atoms with van der Waals surface area (Å²) < 4.78 is 5.62. The van der Waals surface area contributed by atoms with Crippen LogP contribution < -0.4 is 0 Å². The number of esters is 1. The molecule has 0 bridgehead atoms. The molecule has 0 aromatic carbocycles. The van der Waals surface area contributed by atoms with Crippen molar-refractivity contribution in [1.29, 1.82) is 0 Å². The topological polar surface area (TPSA) is 63.6 Å². The van der Waals surface area contributed by atoms with Crippen LogP contribution in [0.5, 0.6) is 0 Å². The van der Waals surface area contributed by atoms with Crippen LogP contribution in [0.2, 0.25) is 0 Å². The molecule has 2 rings (SSSR count). The van der Waals surface area contributed by atoms with E-state index in [2.05, 4.69) is 6.58 Å². The van der Waals surface area contributed by atoms with Crippen LogP contribution >= 0.6 is 0 Å². The zero-order valence-electron chi connectivity index (χ0n) is 11.9. The first kappa shape index (κ1) is 14.3. The minimum atomic E-state index is -2.09. The zero-order valence-corrected chi connectivity index (χ0v) is 11.9. The van der Waals surface area contributed by atoms with Crippen LogP contribution in [0.25, 0.3) is 0 Å². The Morgan fingerprint density at radius 2 is 2.05 bits per heavy atom. The number of hydrogen-bond donors (Lipinski definition) is 1. The van der Waals surface area contributed by atoms with Crippen molar-refractivity contribution in [2.45, 2.75) is 57.7 Å². The molecule has 19 heavy (non-hydrogen) atoms. The molecule has 1 aliphatic heterocycles. The van der Waals surface area contributed by atoms with Gasteiger partial charge in [-0.3, -0.25) is 4.79 Å². The molecule has 2 fully saturated rings. The average Bonchev–Trinajstić information content (AvgIpc) is 2.37. The molecule has 4 atom stereocenters. The molecule has 0 unspecified atom stereocenters. The number of rotatable bonds is 1. The Hall–Kier alpha value is -1.16. The van der Waals surface area contributed by atoms with Gasteiger partial charge in [-0.15, -0.1) is 0 Å². The van der Waals surface area contributed by atoms with Crippen molar-refractivity contribution in [3.63, 3.8) is 0 Å². The molecule has 2 aliphatic rings. The van der Waals surface area contributed by atoms with Gasteiger partial charge in [-0.05, 0) is 26.2 Å². The third-order valence-corrected chi connectivity index (χ3v) is 4.87. The fraction of sp³-hybridized carbons (Fsp3) is 0.733. The normalized spacial score (nSPS) is 43.5. The van der Waals surface area contributed by atoms with E-state index in [4.69, 9.17) is 4.74 Å². The number of carbonyl (C=O) groups excluding carboxylic acids is 2. The van der Waals surface area contributed by atoms with Crippen LogP contribution in [-0.2, 0) is 14.3 Å². The standard InChI is InChI=1S/C15H22O4/c1-5-11-8-6-7-9(2)15(11)10(3)12(16)14(4,18)13(17)19-15/h9,11,18H,3,5-8H2,1-2,4H3/t9-,11-,14-,15-/m0/s1. The maximum atomic E-state index is 12.3. The monoisotopic (exact) mass is 266 g/mol. The lowest BCUT2D eigenvalue weighted by molar-refractivity contribution is -0.202. The van der Waals surface area contributed by atoms with Crippen molar-refractivity contribution in [3.8, 4) is 0 Å². The molecule has 0 aromatic heterocycles. The molecule has 1 aliphatic carbocycles. The number of hydrogen-bond acceptors (Lipinski definition) is 4.